The molecule has 1 aromatic carbocycles. The summed E-state index contributed by atoms with van der Waals surface area (Å²) in [6.07, 6.45) is 8.56. The van der Waals surface area contributed by atoms with Crippen LogP contribution in [0, 0.1) is 5.82 Å². The molecule has 0 radical (unpaired) electrons. The molecule has 0 aromatic heterocycles. The van der Waals surface area contributed by atoms with Crippen LogP contribution in [0.15, 0.2) is 30.4 Å². The molecule has 0 aliphatic heterocycles. The Balaban J connectivity index is 2.33. The number of halogens is 1. The zero-order valence-electron chi connectivity index (χ0n) is 11.0. The Kier molecular flexibility index (Phi) is 7.11. The smallest absolute Gasteiger partial charge is 0.169 e. The second kappa shape index (κ2) is 8.70. The van der Waals surface area contributed by atoms with Crippen LogP contribution < -0.4 is 10.5 Å². The lowest BCUT2D eigenvalue weighted by atomic mass is 10.2. The number of ether oxygens (including phenoxy) is 1. The summed E-state index contributed by atoms with van der Waals surface area (Å²) in [5.74, 6) is -0.0464. The van der Waals surface area contributed by atoms with Gasteiger partial charge in [0.15, 0.2) is 11.6 Å². The third kappa shape index (κ3) is 4.88. The molecule has 3 heteroatoms. The maximum Gasteiger partial charge on any atom is 0.169 e. The molecule has 0 heterocycles. The number of hydrogen-bond donors (Lipinski definition) is 1. The third-order valence-electron chi connectivity index (χ3n) is 2.70. The quantitative estimate of drug-likeness (QED) is 0.563. The lowest BCUT2D eigenvalue weighted by Crippen LogP contribution is -2.03. The first-order valence-electron chi connectivity index (χ1n) is 6.54. The van der Waals surface area contributed by atoms with Crippen LogP contribution in [0.2, 0.25) is 0 Å². The van der Waals surface area contributed by atoms with Gasteiger partial charge in [-0.15, -0.1) is 0 Å². The normalized spacial score (nSPS) is 11.1. The van der Waals surface area contributed by atoms with Gasteiger partial charge in [0, 0.05) is 12.1 Å². The predicted molar refractivity (Wildman–Crippen MR) is 73.1 cm³/mol. The molecule has 2 N–H and O–H groups in total. The summed E-state index contributed by atoms with van der Waals surface area (Å²) in [6, 6.07) is 5.07. The van der Waals surface area contributed by atoms with Crippen LogP contribution in [-0.4, -0.2) is 6.61 Å². The van der Waals surface area contributed by atoms with E-state index in [4.69, 9.17) is 10.5 Å². The molecule has 1 aromatic rings. The number of benzene rings is 1. The molecule has 18 heavy (non-hydrogen) atoms. The summed E-state index contributed by atoms with van der Waals surface area (Å²) in [7, 11) is 0. The first kappa shape index (κ1) is 14.7. The number of nitrogens with two attached hydrogens (primary N) is 1. The van der Waals surface area contributed by atoms with Gasteiger partial charge in [0.25, 0.3) is 0 Å². The zero-order valence-corrected chi connectivity index (χ0v) is 11.0. The Hall–Kier alpha value is -1.35. The van der Waals surface area contributed by atoms with E-state index in [9.17, 15) is 4.39 Å². The second-order valence-corrected chi connectivity index (χ2v) is 4.18. The summed E-state index contributed by atoms with van der Waals surface area (Å²) < 4.78 is 19.1. The topological polar surface area (TPSA) is 35.2 Å². The van der Waals surface area contributed by atoms with Gasteiger partial charge in [-0.1, -0.05) is 44.1 Å². The van der Waals surface area contributed by atoms with Gasteiger partial charge in [0.2, 0.25) is 0 Å². The van der Waals surface area contributed by atoms with Crippen molar-refractivity contribution in [1.82, 2.24) is 0 Å². The minimum absolute atomic E-state index is 0.194. The lowest BCUT2D eigenvalue weighted by Gasteiger charge is -2.08. The zero-order chi connectivity index (χ0) is 13.2. The van der Waals surface area contributed by atoms with Crippen molar-refractivity contribution >= 4 is 0 Å². The van der Waals surface area contributed by atoms with E-state index in [-0.39, 0.29) is 12.4 Å². The molecular formula is C15H22FNO. The van der Waals surface area contributed by atoms with Gasteiger partial charge in [0.1, 0.15) is 0 Å². The molecule has 100 valence electrons. The molecule has 0 saturated carbocycles. The molecule has 0 aliphatic rings. The van der Waals surface area contributed by atoms with Crippen molar-refractivity contribution in [2.75, 3.05) is 6.61 Å². The molecule has 0 aliphatic carbocycles. The van der Waals surface area contributed by atoms with Crippen LogP contribution in [-0.2, 0) is 6.54 Å². The monoisotopic (exact) mass is 251 g/mol. The first-order valence-corrected chi connectivity index (χ1v) is 6.54. The Morgan fingerprint density at radius 2 is 2.06 bits per heavy atom. The summed E-state index contributed by atoms with van der Waals surface area (Å²) in [5, 5.41) is 0. The number of unbranched alkanes of at least 4 members (excludes halogenated alkanes) is 2. The van der Waals surface area contributed by atoms with Crippen molar-refractivity contribution in [2.24, 2.45) is 5.73 Å². The van der Waals surface area contributed by atoms with Gasteiger partial charge < -0.3 is 10.5 Å². The van der Waals surface area contributed by atoms with Crippen LogP contribution in [0.1, 0.15) is 38.2 Å². The predicted octanol–water partition coefficient (Wildman–Crippen LogP) is 3.80. The van der Waals surface area contributed by atoms with Crippen LogP contribution in [0.5, 0.6) is 5.75 Å². The summed E-state index contributed by atoms with van der Waals surface area (Å²) in [4.78, 5) is 0. The highest BCUT2D eigenvalue weighted by Gasteiger charge is 2.06. The largest absolute Gasteiger partial charge is 0.490 e. The molecule has 0 saturated heterocycles. The Bertz CT molecular complexity index is 377. The van der Waals surface area contributed by atoms with E-state index in [0.717, 1.165) is 12.8 Å². The van der Waals surface area contributed by atoms with Crippen LogP contribution in [0.3, 0.4) is 0 Å². The van der Waals surface area contributed by atoms with Crippen molar-refractivity contribution in [3.8, 4) is 5.75 Å². The van der Waals surface area contributed by atoms with Gasteiger partial charge in [-0.25, -0.2) is 4.39 Å². The molecule has 0 spiro atoms. The van der Waals surface area contributed by atoms with E-state index in [1.54, 1.807) is 18.2 Å². The molecule has 2 nitrogen and oxygen atoms in total. The Labute approximate surface area is 109 Å². The van der Waals surface area contributed by atoms with Crippen LogP contribution in [0.4, 0.5) is 4.39 Å². The van der Waals surface area contributed by atoms with Crippen LogP contribution in [0.25, 0.3) is 0 Å². The SMILES string of the molecule is CCCCC=CCCOc1cccc(CN)c1F. The third-order valence-corrected chi connectivity index (χ3v) is 2.70. The van der Waals surface area contributed by atoms with Gasteiger partial charge in [-0.2, -0.15) is 0 Å². The fourth-order valence-electron chi connectivity index (χ4n) is 1.62. The lowest BCUT2D eigenvalue weighted by molar-refractivity contribution is 0.306. The van der Waals surface area contributed by atoms with Crippen LogP contribution >= 0.6 is 0 Å². The van der Waals surface area contributed by atoms with E-state index in [2.05, 4.69) is 19.1 Å². The Morgan fingerprint density at radius 1 is 1.28 bits per heavy atom. The van der Waals surface area contributed by atoms with E-state index >= 15 is 0 Å². The average molecular weight is 251 g/mol. The van der Waals surface area contributed by atoms with Crippen molar-refractivity contribution in [1.29, 1.82) is 0 Å². The molecule has 0 atom stereocenters. The molecule has 0 fully saturated rings. The summed E-state index contributed by atoms with van der Waals surface area (Å²) >= 11 is 0. The molecular weight excluding hydrogens is 229 g/mol. The van der Waals surface area contributed by atoms with Gasteiger partial charge in [0.05, 0.1) is 6.61 Å². The van der Waals surface area contributed by atoms with Gasteiger partial charge in [-0.3, -0.25) is 0 Å². The maximum atomic E-state index is 13.7. The van der Waals surface area contributed by atoms with E-state index in [1.807, 2.05) is 0 Å². The summed E-state index contributed by atoms with van der Waals surface area (Å²) in [6.45, 7) is 2.86. The standard InChI is InChI=1S/C15H22FNO/c1-2-3-4-5-6-7-11-18-14-10-8-9-13(12-17)15(14)16/h5-6,8-10H,2-4,7,11-12,17H2,1H3. The number of allylic oxidation sites excluding steroid dienone is 1. The number of rotatable bonds is 8. The molecule has 1 rings (SSSR count). The van der Waals surface area contributed by atoms with Crippen molar-refractivity contribution < 1.29 is 9.13 Å². The highest BCUT2D eigenvalue weighted by atomic mass is 19.1. The van der Waals surface area contributed by atoms with E-state index in [0.29, 0.717) is 17.9 Å². The minimum atomic E-state index is -0.338. The molecule has 0 amide bonds. The average Bonchev–Trinajstić information content (AvgIpc) is 2.39. The minimum Gasteiger partial charge on any atom is -0.490 e. The first-order chi connectivity index (χ1) is 8.79. The molecule has 0 unspecified atom stereocenters. The van der Waals surface area contributed by atoms with Gasteiger partial charge in [-0.05, 0) is 18.9 Å². The Morgan fingerprint density at radius 3 is 2.78 bits per heavy atom. The maximum absolute atomic E-state index is 13.7. The van der Waals surface area contributed by atoms with E-state index in [1.165, 1.54) is 12.8 Å². The fraction of sp³-hybridized carbons (Fsp3) is 0.467. The van der Waals surface area contributed by atoms with Crippen molar-refractivity contribution in [2.45, 2.75) is 39.2 Å². The highest BCUT2D eigenvalue weighted by molar-refractivity contribution is 5.30. The highest BCUT2D eigenvalue weighted by Crippen LogP contribution is 2.20. The van der Waals surface area contributed by atoms with Crippen molar-refractivity contribution in [3.05, 3.63) is 41.7 Å². The fourth-order valence-corrected chi connectivity index (χ4v) is 1.62. The van der Waals surface area contributed by atoms with Gasteiger partial charge >= 0.3 is 0 Å². The molecule has 0 bridgehead atoms. The van der Waals surface area contributed by atoms with E-state index < -0.39 is 0 Å². The van der Waals surface area contributed by atoms with Crippen molar-refractivity contribution in [3.63, 3.8) is 0 Å². The number of hydrogen-bond acceptors (Lipinski definition) is 2. The second-order valence-electron chi connectivity index (χ2n) is 4.18. The summed E-state index contributed by atoms with van der Waals surface area (Å²) in [5.41, 5.74) is 5.93.